The molecule has 0 aromatic heterocycles. The van der Waals surface area contributed by atoms with E-state index in [9.17, 15) is 14.7 Å². The van der Waals surface area contributed by atoms with Crippen LogP contribution in [0, 0.1) is 23.2 Å². The second kappa shape index (κ2) is 8.80. The predicted octanol–water partition coefficient (Wildman–Crippen LogP) is 3.99. The first-order valence-electron chi connectivity index (χ1n) is 12.6. The van der Waals surface area contributed by atoms with Gasteiger partial charge in [0.2, 0.25) is 11.8 Å². The summed E-state index contributed by atoms with van der Waals surface area (Å²) in [7, 11) is 0. The summed E-state index contributed by atoms with van der Waals surface area (Å²) in [5.41, 5.74) is -1.09. The van der Waals surface area contributed by atoms with Crippen LogP contribution in [0.4, 0.5) is 0 Å². The van der Waals surface area contributed by atoms with E-state index < -0.39 is 5.60 Å². The summed E-state index contributed by atoms with van der Waals surface area (Å²) in [6, 6.07) is 0. The molecule has 4 rings (SSSR count). The van der Waals surface area contributed by atoms with Crippen molar-refractivity contribution in [2.24, 2.45) is 23.2 Å². The Labute approximate surface area is 182 Å². The lowest BCUT2D eigenvalue weighted by Crippen LogP contribution is -2.64. The van der Waals surface area contributed by atoms with Crippen molar-refractivity contribution in [2.45, 2.75) is 96.5 Å². The van der Waals surface area contributed by atoms with Crippen molar-refractivity contribution < 1.29 is 14.7 Å². The topological polar surface area (TPSA) is 60.9 Å². The van der Waals surface area contributed by atoms with E-state index >= 15 is 0 Å². The van der Waals surface area contributed by atoms with Crippen molar-refractivity contribution in [1.82, 2.24) is 9.80 Å². The molecule has 1 N–H and O–H groups in total. The van der Waals surface area contributed by atoms with E-state index in [1.807, 2.05) is 4.90 Å². The molecule has 2 saturated carbocycles. The number of likely N-dealkylation sites (tertiary alicyclic amines) is 2. The van der Waals surface area contributed by atoms with Crippen LogP contribution in [0.25, 0.3) is 0 Å². The van der Waals surface area contributed by atoms with Crippen molar-refractivity contribution in [3.63, 3.8) is 0 Å². The highest BCUT2D eigenvalue weighted by atomic mass is 16.3. The molecular weight excluding hydrogens is 376 g/mol. The first-order valence-corrected chi connectivity index (χ1v) is 12.6. The van der Waals surface area contributed by atoms with Gasteiger partial charge in [0.25, 0.3) is 0 Å². The lowest BCUT2D eigenvalue weighted by atomic mass is 9.65. The summed E-state index contributed by atoms with van der Waals surface area (Å²) in [6.45, 7) is 6.75. The van der Waals surface area contributed by atoms with E-state index in [2.05, 4.69) is 18.7 Å². The van der Waals surface area contributed by atoms with E-state index in [1.165, 1.54) is 32.1 Å². The summed E-state index contributed by atoms with van der Waals surface area (Å²) < 4.78 is 0. The maximum atomic E-state index is 13.3. The molecule has 5 heteroatoms. The van der Waals surface area contributed by atoms with Gasteiger partial charge in [-0.1, -0.05) is 58.8 Å². The Morgan fingerprint density at radius 1 is 1.13 bits per heavy atom. The summed E-state index contributed by atoms with van der Waals surface area (Å²) >= 11 is 0. The molecule has 30 heavy (non-hydrogen) atoms. The third-order valence-electron chi connectivity index (χ3n) is 8.84. The number of piperidine rings is 1. The number of amides is 2. The van der Waals surface area contributed by atoms with Gasteiger partial charge < -0.3 is 14.9 Å². The van der Waals surface area contributed by atoms with Crippen LogP contribution in [0.2, 0.25) is 0 Å². The maximum absolute atomic E-state index is 13.3. The predicted molar refractivity (Wildman–Crippen MR) is 118 cm³/mol. The van der Waals surface area contributed by atoms with Crippen LogP contribution in [-0.2, 0) is 9.59 Å². The van der Waals surface area contributed by atoms with Gasteiger partial charge in [-0.05, 0) is 37.5 Å². The highest BCUT2D eigenvalue weighted by molar-refractivity contribution is 5.79. The van der Waals surface area contributed by atoms with Crippen LogP contribution in [0.1, 0.15) is 90.9 Å². The second-order valence-electron chi connectivity index (χ2n) is 11.3. The highest BCUT2D eigenvalue weighted by Gasteiger charge is 2.56. The van der Waals surface area contributed by atoms with E-state index in [0.717, 1.165) is 38.6 Å². The van der Waals surface area contributed by atoms with Gasteiger partial charge in [-0.3, -0.25) is 9.59 Å². The van der Waals surface area contributed by atoms with Gasteiger partial charge in [0.15, 0.2) is 0 Å². The minimum atomic E-state index is -0.855. The van der Waals surface area contributed by atoms with Gasteiger partial charge in [-0.25, -0.2) is 0 Å². The number of aliphatic hydroxyl groups is 1. The van der Waals surface area contributed by atoms with Crippen molar-refractivity contribution in [2.75, 3.05) is 26.2 Å². The van der Waals surface area contributed by atoms with Crippen LogP contribution in [0.5, 0.6) is 0 Å². The molecule has 1 spiro atoms. The molecule has 0 radical (unpaired) electrons. The number of rotatable bonds is 5. The van der Waals surface area contributed by atoms with Crippen LogP contribution < -0.4 is 0 Å². The fraction of sp³-hybridized carbons (Fsp3) is 0.920. The monoisotopic (exact) mass is 418 g/mol. The van der Waals surface area contributed by atoms with E-state index in [4.69, 9.17) is 0 Å². The second-order valence-corrected chi connectivity index (χ2v) is 11.3. The summed E-state index contributed by atoms with van der Waals surface area (Å²) in [6.07, 6.45) is 13.0. The molecule has 2 saturated heterocycles. The van der Waals surface area contributed by atoms with Crippen LogP contribution in [-0.4, -0.2) is 58.5 Å². The Hall–Kier alpha value is -1.10. The van der Waals surface area contributed by atoms with Gasteiger partial charge >= 0.3 is 0 Å². The molecule has 0 aromatic rings. The quantitative estimate of drug-likeness (QED) is 0.734. The van der Waals surface area contributed by atoms with Gasteiger partial charge in [-0.15, -0.1) is 0 Å². The lowest BCUT2D eigenvalue weighted by Gasteiger charge is -2.53. The number of nitrogens with zero attached hydrogens (tertiary/aromatic N) is 2. The van der Waals surface area contributed by atoms with Crippen molar-refractivity contribution >= 4 is 11.8 Å². The lowest BCUT2D eigenvalue weighted by molar-refractivity contribution is -0.167. The number of hydrogen-bond donors (Lipinski definition) is 1. The molecule has 0 aromatic carbocycles. The Morgan fingerprint density at radius 2 is 1.83 bits per heavy atom. The van der Waals surface area contributed by atoms with Gasteiger partial charge in [0.1, 0.15) is 0 Å². The van der Waals surface area contributed by atoms with Crippen molar-refractivity contribution in [3.05, 3.63) is 0 Å². The molecule has 0 bridgehead atoms. The van der Waals surface area contributed by atoms with Crippen molar-refractivity contribution in [1.29, 1.82) is 0 Å². The smallest absolute Gasteiger partial charge is 0.225 e. The number of hydrogen-bond acceptors (Lipinski definition) is 3. The average Bonchev–Trinajstić information content (AvgIpc) is 3.31. The SMILES string of the molecule is C[C@@H]1CC(=O)N(CC2(O)CCN(C(=O)[C@H](C)CC3CCCCC3)CC23CCCC3)C1. The van der Waals surface area contributed by atoms with Crippen LogP contribution in [0.15, 0.2) is 0 Å². The van der Waals surface area contributed by atoms with Gasteiger partial charge in [-0.2, -0.15) is 0 Å². The standard InChI is InChI=1S/C25H42N2O3/c1-19-14-22(28)27(16-19)18-25(30)12-13-26(17-24(25)10-6-7-11-24)23(29)20(2)15-21-8-4-3-5-9-21/h19-21,30H,3-18H2,1-2H3/t19-,20-,25?/m1/s1. The largest absolute Gasteiger partial charge is 0.387 e. The first-order chi connectivity index (χ1) is 14.3. The first kappa shape index (κ1) is 22.1. The van der Waals surface area contributed by atoms with E-state index in [1.54, 1.807) is 0 Å². The Morgan fingerprint density at radius 3 is 2.47 bits per heavy atom. The zero-order chi connectivity index (χ0) is 21.4. The minimum absolute atomic E-state index is 0.0822. The maximum Gasteiger partial charge on any atom is 0.225 e. The zero-order valence-electron chi connectivity index (χ0n) is 19.2. The van der Waals surface area contributed by atoms with Crippen molar-refractivity contribution in [3.8, 4) is 0 Å². The normalized spacial score (nSPS) is 33.4. The number of carbonyl (C=O) groups is 2. The third-order valence-corrected chi connectivity index (χ3v) is 8.84. The van der Waals surface area contributed by atoms with Gasteiger partial charge in [0.05, 0.1) is 12.1 Å². The molecule has 2 amide bonds. The van der Waals surface area contributed by atoms with E-state index in [-0.39, 0.29) is 17.2 Å². The summed E-state index contributed by atoms with van der Waals surface area (Å²) in [5, 5.41) is 11.9. The molecule has 3 atom stereocenters. The fourth-order valence-corrected chi connectivity index (χ4v) is 7.06. The minimum Gasteiger partial charge on any atom is -0.387 e. The Kier molecular flexibility index (Phi) is 6.48. The van der Waals surface area contributed by atoms with Crippen LogP contribution in [0.3, 0.4) is 0 Å². The Balaban J connectivity index is 1.43. The zero-order valence-corrected chi connectivity index (χ0v) is 19.2. The molecule has 1 unspecified atom stereocenters. The molecule has 2 aliphatic heterocycles. The Bertz CT molecular complexity index is 638. The molecule has 4 aliphatic rings. The average molecular weight is 419 g/mol. The molecule has 2 aliphatic carbocycles. The van der Waals surface area contributed by atoms with Crippen LogP contribution >= 0.6 is 0 Å². The number of β-amino-alcohol motifs (C(OH)–C–C–N with tert-alkyl or cyclic N) is 1. The molecular formula is C25H42N2O3. The fourth-order valence-electron chi connectivity index (χ4n) is 7.06. The third kappa shape index (κ3) is 4.28. The van der Waals surface area contributed by atoms with E-state index in [0.29, 0.717) is 50.2 Å². The molecule has 2 heterocycles. The number of carbonyl (C=O) groups excluding carboxylic acids is 2. The molecule has 5 nitrogen and oxygen atoms in total. The van der Waals surface area contributed by atoms with Gasteiger partial charge in [0, 0.05) is 37.4 Å². The summed E-state index contributed by atoms with van der Waals surface area (Å²) in [5.74, 6) is 1.65. The molecule has 4 fully saturated rings. The summed E-state index contributed by atoms with van der Waals surface area (Å²) in [4.78, 5) is 29.7. The molecule has 170 valence electrons. The highest BCUT2D eigenvalue weighted by Crippen LogP contribution is 2.51.